The Morgan fingerprint density at radius 1 is 0.698 bits per heavy atom. The lowest BCUT2D eigenvalue weighted by molar-refractivity contribution is -0.873. The third-order valence-corrected chi connectivity index (χ3v) is 10.2. The van der Waals surface area contributed by atoms with Crippen molar-refractivity contribution in [3.8, 4) is 0 Å². The fourth-order valence-electron chi connectivity index (χ4n) is 7.20. The highest BCUT2D eigenvalue weighted by Crippen LogP contribution is 2.22. The summed E-state index contributed by atoms with van der Waals surface area (Å²) in [6.45, 7) is 7.19. The summed E-state index contributed by atoms with van der Waals surface area (Å²) >= 11 is 0. The largest absolute Gasteiger partial charge is 0.461 e. The molecule has 2 heterocycles. The van der Waals surface area contributed by atoms with Crippen LogP contribution in [0.5, 0.6) is 0 Å². The average Bonchev–Trinajstić information content (AvgIpc) is 3.69. The molecule has 1 N–H and O–H groups in total. The Morgan fingerprint density at radius 3 is 1.68 bits per heavy atom. The van der Waals surface area contributed by atoms with Gasteiger partial charge >= 0.3 is 11.9 Å². The zero-order valence-electron chi connectivity index (χ0n) is 35.2. The second-order valence-corrected chi connectivity index (χ2v) is 16.8. The summed E-state index contributed by atoms with van der Waals surface area (Å²) in [5.41, 5.74) is 5.78. The maximum absolute atomic E-state index is 12.7. The number of esters is 2. The van der Waals surface area contributed by atoms with E-state index in [1.165, 1.54) is 127 Å². The molecule has 0 aromatic carbocycles. The first-order valence-corrected chi connectivity index (χ1v) is 21.8. The molecule has 0 bridgehead atoms. The highest BCUT2D eigenvalue weighted by Gasteiger charge is 2.24. The number of nitrogens with zero attached hydrogens (tertiary/aromatic N) is 2. The van der Waals surface area contributed by atoms with Crippen molar-refractivity contribution in [3.05, 3.63) is 40.9 Å². The van der Waals surface area contributed by atoms with Gasteiger partial charge in [0.15, 0.2) is 6.10 Å². The van der Waals surface area contributed by atoms with Crippen molar-refractivity contribution in [2.75, 3.05) is 34.3 Å². The van der Waals surface area contributed by atoms with Crippen LogP contribution < -0.4 is 0 Å². The van der Waals surface area contributed by atoms with Crippen molar-refractivity contribution in [2.45, 2.75) is 194 Å². The summed E-state index contributed by atoms with van der Waals surface area (Å²) < 4.78 is 12.0. The number of aromatic amines is 1. The van der Waals surface area contributed by atoms with Crippen molar-refractivity contribution in [2.24, 2.45) is 4.99 Å². The van der Waals surface area contributed by atoms with Crippen molar-refractivity contribution in [1.29, 1.82) is 0 Å². The third kappa shape index (κ3) is 25.1. The summed E-state index contributed by atoms with van der Waals surface area (Å²) in [6.07, 6.45) is 34.5. The molecule has 1 aromatic heterocycles. The zero-order chi connectivity index (χ0) is 38.6. The topological polar surface area (TPSA) is 80.8 Å². The van der Waals surface area contributed by atoms with Gasteiger partial charge in [0.05, 0.1) is 26.8 Å². The molecule has 0 fully saturated rings. The fraction of sp³-hybridized carbons (Fsp3) is 0.761. The Hall–Kier alpha value is -2.67. The summed E-state index contributed by atoms with van der Waals surface area (Å²) in [7, 11) is 6.21. The van der Waals surface area contributed by atoms with Crippen LogP contribution in [-0.2, 0) is 25.5 Å². The molecule has 0 saturated carbocycles. The summed E-state index contributed by atoms with van der Waals surface area (Å²) in [4.78, 5) is 33.2. The van der Waals surface area contributed by atoms with Gasteiger partial charge in [-0.05, 0) is 69.4 Å². The highest BCUT2D eigenvalue weighted by molar-refractivity contribution is 5.98. The van der Waals surface area contributed by atoms with Crippen molar-refractivity contribution in [1.82, 2.24) is 4.98 Å². The van der Waals surface area contributed by atoms with Gasteiger partial charge in [0.2, 0.25) is 0 Å². The number of allylic oxidation sites excluding steroid dienone is 2. The van der Waals surface area contributed by atoms with Crippen LogP contribution in [0, 0.1) is 0 Å². The minimum absolute atomic E-state index is 0.149. The molecule has 7 heteroatoms. The van der Waals surface area contributed by atoms with Crippen LogP contribution in [0.3, 0.4) is 0 Å². The summed E-state index contributed by atoms with van der Waals surface area (Å²) in [5, 5.41) is 0. The standard InChI is InChI=1S/C46H80N3O4/c1-7-8-9-10-11-12-13-14-15-16-19-22-25-28-31-45(50)52-38-43(37-49(4,5)6)53-46(51)32-29-26-23-20-17-18-21-24-27-30-41-33-34-42(48-41)36-44-39(2)35-40(3)47-44/h33-36,43,48H,7-32,37-38H2,1-6H3/q+1/b44-36-. The van der Waals surface area contributed by atoms with Gasteiger partial charge in [0, 0.05) is 29.9 Å². The number of quaternary nitrogens is 1. The van der Waals surface area contributed by atoms with E-state index in [2.05, 4.69) is 69.3 Å². The zero-order valence-corrected chi connectivity index (χ0v) is 35.2. The van der Waals surface area contributed by atoms with Crippen molar-refractivity contribution in [3.63, 3.8) is 0 Å². The van der Waals surface area contributed by atoms with Crippen molar-refractivity contribution >= 4 is 23.7 Å². The van der Waals surface area contributed by atoms with Crippen LogP contribution in [0.4, 0.5) is 0 Å². The van der Waals surface area contributed by atoms with Gasteiger partial charge < -0.3 is 18.9 Å². The lowest BCUT2D eigenvalue weighted by atomic mass is 10.0. The predicted octanol–water partition coefficient (Wildman–Crippen LogP) is 12.3. The molecule has 302 valence electrons. The molecule has 1 aliphatic rings. The number of aliphatic imine (C=N–C) groups is 1. The van der Waals surface area contributed by atoms with Gasteiger partial charge in [0.1, 0.15) is 13.2 Å². The van der Waals surface area contributed by atoms with E-state index in [1.54, 1.807) is 0 Å². The molecule has 1 aromatic rings. The Labute approximate surface area is 325 Å². The first-order chi connectivity index (χ1) is 25.6. The Morgan fingerprint density at radius 2 is 1.19 bits per heavy atom. The number of rotatable bonds is 33. The third-order valence-electron chi connectivity index (χ3n) is 10.2. The number of carbonyl (C=O) groups excluding carboxylic acids is 2. The van der Waals surface area contributed by atoms with E-state index in [9.17, 15) is 9.59 Å². The Bertz CT molecular complexity index is 1220. The first kappa shape index (κ1) is 46.5. The lowest BCUT2D eigenvalue weighted by Crippen LogP contribution is -2.45. The summed E-state index contributed by atoms with van der Waals surface area (Å²) in [6, 6.07) is 4.36. The normalized spacial score (nSPS) is 14.4. The number of likely N-dealkylation sites (N-methyl/N-ethyl adjacent to an activating group) is 1. The number of unbranched alkanes of at least 4 members (excludes halogenated alkanes) is 21. The Balaban J connectivity index is 1.44. The quantitative estimate of drug-likeness (QED) is 0.0442. The van der Waals surface area contributed by atoms with E-state index in [0.29, 0.717) is 23.9 Å². The van der Waals surface area contributed by atoms with Gasteiger partial charge in [-0.15, -0.1) is 0 Å². The molecule has 0 saturated heterocycles. The number of nitrogens with one attached hydrogen (secondary N) is 1. The lowest BCUT2D eigenvalue weighted by Gasteiger charge is -2.28. The second-order valence-electron chi connectivity index (χ2n) is 16.8. The molecule has 0 spiro atoms. The van der Waals surface area contributed by atoms with Gasteiger partial charge in [0.25, 0.3) is 0 Å². The number of hydrogen-bond donors (Lipinski definition) is 1. The molecular formula is C46H80N3O4+. The van der Waals surface area contributed by atoms with E-state index in [4.69, 9.17) is 9.47 Å². The summed E-state index contributed by atoms with van der Waals surface area (Å²) in [5.74, 6) is -0.348. The highest BCUT2D eigenvalue weighted by atomic mass is 16.6. The molecule has 2 rings (SSSR count). The smallest absolute Gasteiger partial charge is 0.306 e. The molecule has 7 nitrogen and oxygen atoms in total. The van der Waals surface area contributed by atoms with Gasteiger partial charge in [-0.1, -0.05) is 135 Å². The van der Waals surface area contributed by atoms with E-state index >= 15 is 0 Å². The molecule has 0 aliphatic carbocycles. The minimum Gasteiger partial charge on any atom is -0.461 e. The van der Waals surface area contributed by atoms with Crippen LogP contribution >= 0.6 is 0 Å². The first-order valence-electron chi connectivity index (χ1n) is 21.8. The molecule has 0 radical (unpaired) electrons. The van der Waals surface area contributed by atoms with Gasteiger partial charge in [-0.2, -0.15) is 0 Å². The second kappa shape index (κ2) is 28.7. The maximum atomic E-state index is 12.7. The number of aryl methyl sites for hydroxylation is 1. The fourth-order valence-corrected chi connectivity index (χ4v) is 7.20. The molecular weight excluding hydrogens is 659 g/mol. The van der Waals surface area contributed by atoms with Crippen LogP contribution in [0.2, 0.25) is 0 Å². The predicted molar refractivity (Wildman–Crippen MR) is 224 cm³/mol. The van der Waals surface area contributed by atoms with Crippen LogP contribution in [0.25, 0.3) is 6.08 Å². The average molecular weight is 739 g/mol. The number of ether oxygens (including phenoxy) is 2. The molecule has 0 amide bonds. The number of aromatic nitrogens is 1. The molecule has 1 aliphatic heterocycles. The monoisotopic (exact) mass is 739 g/mol. The SMILES string of the molecule is CCCCCCCCCCCCCCCCC(=O)OCC(C[N+](C)(C)C)OC(=O)CCCCCCCCCCCc1ccc(/C=C2\N=C(C)C=C2C)[nH]1. The van der Waals surface area contributed by atoms with E-state index < -0.39 is 6.10 Å². The van der Waals surface area contributed by atoms with Crippen LogP contribution in [-0.4, -0.2) is 67.5 Å². The van der Waals surface area contributed by atoms with E-state index in [1.807, 2.05) is 6.92 Å². The number of carbonyl (C=O) groups is 2. The maximum Gasteiger partial charge on any atom is 0.306 e. The minimum atomic E-state index is -0.406. The Kier molecular flexibility index (Phi) is 25.2. The van der Waals surface area contributed by atoms with Crippen LogP contribution in [0.15, 0.2) is 34.5 Å². The number of H-pyrrole nitrogens is 1. The van der Waals surface area contributed by atoms with E-state index in [-0.39, 0.29) is 18.5 Å². The molecule has 1 unspecified atom stereocenters. The van der Waals surface area contributed by atoms with Gasteiger partial charge in [-0.25, -0.2) is 0 Å². The number of hydrogen-bond acceptors (Lipinski definition) is 5. The molecule has 53 heavy (non-hydrogen) atoms. The van der Waals surface area contributed by atoms with Gasteiger partial charge in [-0.3, -0.25) is 14.6 Å². The van der Waals surface area contributed by atoms with Crippen molar-refractivity contribution < 1.29 is 23.5 Å². The van der Waals surface area contributed by atoms with E-state index in [0.717, 1.165) is 55.6 Å². The van der Waals surface area contributed by atoms with Crippen LogP contribution in [0.1, 0.15) is 193 Å². The molecule has 1 atom stereocenters.